The Kier molecular flexibility index (Phi) is 9.53. The van der Waals surface area contributed by atoms with Crippen LogP contribution in [0.3, 0.4) is 0 Å². The van der Waals surface area contributed by atoms with E-state index in [-0.39, 0.29) is 55.1 Å². The Balaban J connectivity index is 1.36. The molecule has 2 aliphatic heterocycles. The van der Waals surface area contributed by atoms with Crippen LogP contribution >= 0.6 is 0 Å². The first-order valence-electron chi connectivity index (χ1n) is 13.5. The molecule has 2 aliphatic rings. The molecule has 0 bridgehead atoms. The van der Waals surface area contributed by atoms with Crippen LogP contribution in [0, 0.1) is 6.92 Å². The average Bonchev–Trinajstić information content (AvgIpc) is 3.36. The fourth-order valence-electron chi connectivity index (χ4n) is 4.72. The van der Waals surface area contributed by atoms with E-state index >= 15 is 0 Å². The van der Waals surface area contributed by atoms with E-state index in [1.54, 1.807) is 29.2 Å². The van der Waals surface area contributed by atoms with Crippen LogP contribution in [0.5, 0.6) is 5.75 Å². The van der Waals surface area contributed by atoms with Crippen LogP contribution < -0.4 is 20.7 Å². The Hall–Kier alpha value is -4.36. The molecule has 3 heterocycles. The molecule has 4 rings (SSSR count). The molecule has 226 valence electrons. The zero-order valence-electron chi connectivity index (χ0n) is 23.1. The molecule has 0 unspecified atom stereocenters. The van der Waals surface area contributed by atoms with Crippen LogP contribution in [0.4, 0.5) is 18.0 Å². The summed E-state index contributed by atoms with van der Waals surface area (Å²) in [6, 6.07) is 7.73. The minimum absolute atomic E-state index is 0.0795. The van der Waals surface area contributed by atoms with Gasteiger partial charge in [0.2, 0.25) is 0 Å². The number of esters is 1. The summed E-state index contributed by atoms with van der Waals surface area (Å²) in [7, 11) is 0. The number of cyclic esters (lactones) is 1. The van der Waals surface area contributed by atoms with Crippen LogP contribution in [-0.2, 0) is 14.3 Å². The molecule has 14 heteroatoms. The van der Waals surface area contributed by atoms with Gasteiger partial charge < -0.3 is 30.3 Å². The van der Waals surface area contributed by atoms with Gasteiger partial charge in [-0.25, -0.2) is 9.78 Å². The van der Waals surface area contributed by atoms with Gasteiger partial charge in [0.05, 0.1) is 24.7 Å². The van der Waals surface area contributed by atoms with Gasteiger partial charge in [-0.3, -0.25) is 14.4 Å². The number of nitrogens with one attached hydrogen (secondary N) is 3. The number of benzene rings is 1. The normalized spacial score (nSPS) is 20.2. The van der Waals surface area contributed by atoms with Crippen molar-refractivity contribution in [1.29, 1.82) is 0 Å². The second kappa shape index (κ2) is 13.1. The highest BCUT2D eigenvalue weighted by atomic mass is 19.4. The lowest BCUT2D eigenvalue weighted by atomic mass is 10.0. The minimum Gasteiger partial charge on any atom is -0.482 e. The Morgan fingerprint density at radius 1 is 1.10 bits per heavy atom. The molecule has 1 aromatic carbocycles. The second-order valence-electron chi connectivity index (χ2n) is 10.4. The van der Waals surface area contributed by atoms with Gasteiger partial charge >= 0.3 is 24.1 Å². The zero-order chi connectivity index (χ0) is 30.4. The topological polar surface area (TPSA) is 139 Å². The number of carbonyl (C=O) groups excluding carboxylic acids is 4. The van der Waals surface area contributed by atoms with Gasteiger partial charge in [0.25, 0.3) is 5.91 Å². The molecule has 2 fully saturated rings. The number of pyridine rings is 1. The summed E-state index contributed by atoms with van der Waals surface area (Å²) in [6.45, 7) is 4.18. The number of likely N-dealkylation sites (tertiary alicyclic amines) is 1. The van der Waals surface area contributed by atoms with Gasteiger partial charge in [0.1, 0.15) is 24.2 Å². The average molecular weight is 592 g/mol. The summed E-state index contributed by atoms with van der Waals surface area (Å²) in [5.74, 6) is -2.73. The molecule has 4 amide bonds. The highest BCUT2D eigenvalue weighted by Gasteiger charge is 2.40. The minimum atomic E-state index is -5.05. The van der Waals surface area contributed by atoms with E-state index < -0.39 is 30.1 Å². The molecule has 0 aliphatic carbocycles. The fourth-order valence-corrected chi connectivity index (χ4v) is 4.72. The Morgan fingerprint density at radius 3 is 2.45 bits per heavy atom. The van der Waals surface area contributed by atoms with E-state index in [1.807, 2.05) is 12.2 Å². The lowest BCUT2D eigenvalue weighted by molar-refractivity contribution is -0.174. The van der Waals surface area contributed by atoms with Gasteiger partial charge in [-0.1, -0.05) is 29.8 Å². The number of aryl methyl sites for hydroxylation is 1. The van der Waals surface area contributed by atoms with Gasteiger partial charge in [0, 0.05) is 19.1 Å². The number of urea groups is 1. The number of amides is 4. The first-order chi connectivity index (χ1) is 19.9. The summed E-state index contributed by atoms with van der Waals surface area (Å²) in [5, 5.41) is 7.57. The maximum atomic E-state index is 12.9. The van der Waals surface area contributed by atoms with Crippen LogP contribution in [0.25, 0.3) is 0 Å². The number of rotatable bonds is 8. The van der Waals surface area contributed by atoms with Crippen molar-refractivity contribution in [3.05, 3.63) is 59.4 Å². The summed E-state index contributed by atoms with van der Waals surface area (Å²) >= 11 is 0. The molecule has 1 aromatic heterocycles. The van der Waals surface area contributed by atoms with Crippen molar-refractivity contribution < 1.29 is 41.8 Å². The molecule has 4 atom stereocenters. The Labute approximate surface area is 240 Å². The number of hydrogen-bond acceptors (Lipinski definition) is 7. The second-order valence-corrected chi connectivity index (χ2v) is 10.4. The number of alkyl halides is 3. The molecule has 0 saturated carbocycles. The van der Waals surface area contributed by atoms with Gasteiger partial charge in [0.15, 0.2) is 0 Å². The van der Waals surface area contributed by atoms with Gasteiger partial charge in [-0.2, -0.15) is 13.2 Å². The molecule has 0 radical (unpaired) electrons. The summed E-state index contributed by atoms with van der Waals surface area (Å²) < 4.78 is 49.4. The maximum Gasteiger partial charge on any atom is 0.471 e. The molecule has 3 N–H and O–H groups in total. The molecule has 2 saturated heterocycles. The summed E-state index contributed by atoms with van der Waals surface area (Å²) in [6.07, 6.45) is -3.30. The SMILES string of the molecule is Cc1ccc([C@@H](Oc2ccc(C(=O)N[C@H]3CCCN(C(=O)N[C@H]4COC(=O)C4)C3)nc2)[C@H](C)NC(=O)C(F)(F)F)cc1. The van der Waals surface area contributed by atoms with Crippen molar-refractivity contribution in [3.8, 4) is 5.75 Å². The fraction of sp³-hybridized carbons (Fsp3) is 0.464. The highest BCUT2D eigenvalue weighted by Crippen LogP contribution is 2.26. The van der Waals surface area contributed by atoms with Crippen molar-refractivity contribution in [2.24, 2.45) is 0 Å². The quantitative estimate of drug-likeness (QED) is 0.402. The summed E-state index contributed by atoms with van der Waals surface area (Å²) in [4.78, 5) is 54.0. The van der Waals surface area contributed by atoms with Crippen LogP contribution in [-0.4, -0.2) is 77.7 Å². The number of carbonyl (C=O) groups is 4. The van der Waals surface area contributed by atoms with E-state index in [9.17, 15) is 32.3 Å². The van der Waals surface area contributed by atoms with Crippen molar-refractivity contribution in [2.75, 3.05) is 19.7 Å². The molecule has 2 aromatic rings. The molecule has 11 nitrogen and oxygen atoms in total. The third-order valence-corrected chi connectivity index (χ3v) is 6.94. The van der Waals surface area contributed by atoms with E-state index in [2.05, 4.69) is 15.6 Å². The molecular formula is C28H32F3N5O6. The standard InChI is InChI=1S/C28H32F3N5O6/c1-16-5-7-18(8-6-16)24(17(2)33-26(39)28(29,30)31)42-21-9-10-22(32-13-21)25(38)34-19-4-3-11-36(14-19)27(40)35-20-12-23(37)41-15-20/h5-10,13,17,19-20,24H,3-4,11-12,14-15H2,1-2H3,(H,33,39)(H,34,38)(H,35,40)/t17-,19-,20+,24-/m0/s1. The van der Waals surface area contributed by atoms with Crippen molar-refractivity contribution in [2.45, 2.75) is 63.5 Å². The van der Waals surface area contributed by atoms with E-state index in [0.717, 1.165) is 5.56 Å². The van der Waals surface area contributed by atoms with Crippen molar-refractivity contribution >= 4 is 23.8 Å². The predicted octanol–water partition coefficient (Wildman–Crippen LogP) is 2.80. The maximum absolute atomic E-state index is 12.9. The first kappa shape index (κ1) is 30.6. The Morgan fingerprint density at radius 2 is 1.83 bits per heavy atom. The molecule has 0 spiro atoms. The number of piperidine rings is 1. The zero-order valence-corrected chi connectivity index (χ0v) is 23.1. The summed E-state index contributed by atoms with van der Waals surface area (Å²) in [5.41, 5.74) is 1.55. The number of hydrogen-bond donors (Lipinski definition) is 3. The molecular weight excluding hydrogens is 559 g/mol. The largest absolute Gasteiger partial charge is 0.482 e. The molecule has 42 heavy (non-hydrogen) atoms. The van der Waals surface area contributed by atoms with Crippen LogP contribution in [0.1, 0.15) is 53.9 Å². The smallest absolute Gasteiger partial charge is 0.471 e. The highest BCUT2D eigenvalue weighted by molar-refractivity contribution is 5.92. The number of ether oxygens (including phenoxy) is 2. The van der Waals surface area contributed by atoms with Crippen LogP contribution in [0.2, 0.25) is 0 Å². The Bertz CT molecular complexity index is 1290. The van der Waals surface area contributed by atoms with Crippen molar-refractivity contribution in [1.82, 2.24) is 25.8 Å². The van der Waals surface area contributed by atoms with E-state index in [1.165, 1.54) is 25.3 Å². The van der Waals surface area contributed by atoms with Gasteiger partial charge in [-0.15, -0.1) is 0 Å². The third-order valence-electron chi connectivity index (χ3n) is 6.94. The number of halogens is 3. The van der Waals surface area contributed by atoms with E-state index in [0.29, 0.717) is 24.9 Å². The lowest BCUT2D eigenvalue weighted by Crippen LogP contribution is -2.53. The third kappa shape index (κ3) is 8.10. The van der Waals surface area contributed by atoms with E-state index in [4.69, 9.17) is 9.47 Å². The van der Waals surface area contributed by atoms with Crippen LogP contribution in [0.15, 0.2) is 42.6 Å². The number of aromatic nitrogens is 1. The predicted molar refractivity (Wildman–Crippen MR) is 142 cm³/mol. The number of nitrogens with zero attached hydrogens (tertiary/aromatic N) is 2. The lowest BCUT2D eigenvalue weighted by Gasteiger charge is -2.33. The monoisotopic (exact) mass is 591 g/mol. The first-order valence-corrected chi connectivity index (χ1v) is 13.5. The van der Waals surface area contributed by atoms with Gasteiger partial charge in [-0.05, 0) is 44.4 Å². The van der Waals surface area contributed by atoms with Crippen molar-refractivity contribution in [3.63, 3.8) is 0 Å².